The summed E-state index contributed by atoms with van der Waals surface area (Å²) in [7, 11) is 1.67. The molecular formula is C13H16N2OS. The van der Waals surface area contributed by atoms with Crippen molar-refractivity contribution in [1.82, 2.24) is 5.43 Å². The monoisotopic (exact) mass is 248 g/mol. The van der Waals surface area contributed by atoms with Crippen LogP contribution in [0, 0.1) is 6.92 Å². The molecule has 0 radical (unpaired) electrons. The molecule has 2 aromatic rings. The zero-order valence-corrected chi connectivity index (χ0v) is 10.8. The normalized spacial score (nSPS) is 12.4. The molecule has 0 aliphatic heterocycles. The maximum atomic E-state index is 5.67. The van der Waals surface area contributed by atoms with Crippen molar-refractivity contribution in [2.45, 2.75) is 13.0 Å². The summed E-state index contributed by atoms with van der Waals surface area (Å²) in [5.74, 6) is 6.52. The first-order valence-corrected chi connectivity index (χ1v) is 6.23. The van der Waals surface area contributed by atoms with Crippen molar-refractivity contribution in [3.63, 3.8) is 0 Å². The molecule has 17 heavy (non-hydrogen) atoms. The third-order valence-electron chi connectivity index (χ3n) is 2.66. The standard InChI is InChI=1S/C13H16N2OS/c1-9-7-8-12(17-9)13(15-14)10-5-3-4-6-11(10)16-2/h3-8,13,15H,14H2,1-2H3. The van der Waals surface area contributed by atoms with Crippen LogP contribution in [0.25, 0.3) is 0 Å². The van der Waals surface area contributed by atoms with E-state index in [1.54, 1.807) is 18.4 Å². The third kappa shape index (κ3) is 2.49. The number of ether oxygens (including phenoxy) is 1. The minimum absolute atomic E-state index is 0.0233. The van der Waals surface area contributed by atoms with E-state index in [1.165, 1.54) is 9.75 Å². The van der Waals surface area contributed by atoms with Gasteiger partial charge in [0.2, 0.25) is 0 Å². The van der Waals surface area contributed by atoms with E-state index in [1.807, 2.05) is 24.3 Å². The molecule has 0 saturated carbocycles. The van der Waals surface area contributed by atoms with Gasteiger partial charge >= 0.3 is 0 Å². The highest BCUT2D eigenvalue weighted by molar-refractivity contribution is 7.12. The van der Waals surface area contributed by atoms with E-state index < -0.39 is 0 Å². The van der Waals surface area contributed by atoms with Gasteiger partial charge in [0.1, 0.15) is 5.75 Å². The Morgan fingerprint density at radius 3 is 2.59 bits per heavy atom. The molecule has 3 N–H and O–H groups in total. The minimum Gasteiger partial charge on any atom is -0.496 e. The lowest BCUT2D eigenvalue weighted by molar-refractivity contribution is 0.404. The van der Waals surface area contributed by atoms with Crippen molar-refractivity contribution in [3.05, 3.63) is 51.7 Å². The molecule has 3 nitrogen and oxygen atoms in total. The van der Waals surface area contributed by atoms with Crippen molar-refractivity contribution >= 4 is 11.3 Å². The first kappa shape index (κ1) is 12.1. The summed E-state index contributed by atoms with van der Waals surface area (Å²) < 4.78 is 5.37. The minimum atomic E-state index is -0.0233. The van der Waals surface area contributed by atoms with Crippen LogP contribution in [0.2, 0.25) is 0 Å². The number of aryl methyl sites for hydroxylation is 1. The van der Waals surface area contributed by atoms with Gasteiger partial charge in [-0.1, -0.05) is 18.2 Å². The van der Waals surface area contributed by atoms with Gasteiger partial charge in [0.05, 0.1) is 13.2 Å². The number of nitrogens with one attached hydrogen (secondary N) is 1. The van der Waals surface area contributed by atoms with Crippen LogP contribution >= 0.6 is 11.3 Å². The molecule has 0 bridgehead atoms. The van der Waals surface area contributed by atoms with Crippen LogP contribution in [0.3, 0.4) is 0 Å². The van der Waals surface area contributed by atoms with Crippen LogP contribution in [0.1, 0.15) is 21.4 Å². The number of methoxy groups -OCH3 is 1. The molecule has 0 spiro atoms. The van der Waals surface area contributed by atoms with Gasteiger partial charge in [0, 0.05) is 15.3 Å². The lowest BCUT2D eigenvalue weighted by Crippen LogP contribution is -2.28. The molecule has 0 aliphatic carbocycles. The van der Waals surface area contributed by atoms with Crippen LogP contribution in [-0.2, 0) is 0 Å². The number of nitrogens with two attached hydrogens (primary N) is 1. The zero-order chi connectivity index (χ0) is 12.3. The molecule has 1 atom stereocenters. The molecule has 4 heteroatoms. The highest BCUT2D eigenvalue weighted by Crippen LogP contribution is 2.32. The fraction of sp³-hybridized carbons (Fsp3) is 0.231. The maximum absolute atomic E-state index is 5.67. The van der Waals surface area contributed by atoms with Crippen LogP contribution in [0.5, 0.6) is 5.75 Å². The van der Waals surface area contributed by atoms with Gasteiger partial charge in [0.15, 0.2) is 0 Å². The first-order chi connectivity index (χ1) is 8.26. The van der Waals surface area contributed by atoms with Crippen LogP contribution in [0.15, 0.2) is 36.4 Å². The van der Waals surface area contributed by atoms with Gasteiger partial charge in [-0.2, -0.15) is 0 Å². The number of hydrazine groups is 1. The zero-order valence-electron chi connectivity index (χ0n) is 9.94. The van der Waals surface area contributed by atoms with Crippen molar-refractivity contribution in [3.8, 4) is 5.75 Å². The maximum Gasteiger partial charge on any atom is 0.124 e. The van der Waals surface area contributed by atoms with Crippen LogP contribution in [0.4, 0.5) is 0 Å². The van der Waals surface area contributed by atoms with E-state index in [2.05, 4.69) is 24.5 Å². The van der Waals surface area contributed by atoms with Crippen molar-refractivity contribution < 1.29 is 4.74 Å². The fourth-order valence-electron chi connectivity index (χ4n) is 1.84. The smallest absolute Gasteiger partial charge is 0.124 e. The SMILES string of the molecule is COc1ccccc1C(NN)c1ccc(C)s1. The largest absolute Gasteiger partial charge is 0.496 e. The quantitative estimate of drug-likeness (QED) is 0.646. The summed E-state index contributed by atoms with van der Waals surface area (Å²) in [6.45, 7) is 2.09. The first-order valence-electron chi connectivity index (χ1n) is 5.41. The van der Waals surface area contributed by atoms with Gasteiger partial charge < -0.3 is 4.74 Å². The van der Waals surface area contributed by atoms with Crippen LogP contribution < -0.4 is 16.0 Å². The van der Waals surface area contributed by atoms with E-state index >= 15 is 0 Å². The number of hydrogen-bond donors (Lipinski definition) is 2. The van der Waals surface area contributed by atoms with E-state index in [9.17, 15) is 0 Å². The Kier molecular flexibility index (Phi) is 3.78. The molecular weight excluding hydrogens is 232 g/mol. The highest BCUT2D eigenvalue weighted by atomic mass is 32.1. The molecule has 90 valence electrons. The number of para-hydroxylation sites is 1. The second-order valence-corrected chi connectivity index (χ2v) is 5.11. The van der Waals surface area contributed by atoms with Crippen molar-refractivity contribution in [1.29, 1.82) is 0 Å². The Morgan fingerprint density at radius 2 is 2.00 bits per heavy atom. The number of benzene rings is 1. The van der Waals surface area contributed by atoms with E-state index in [0.717, 1.165) is 11.3 Å². The predicted octanol–water partition coefficient (Wildman–Crippen LogP) is 2.62. The molecule has 0 fully saturated rings. The Labute approximate surface area is 105 Å². The van der Waals surface area contributed by atoms with Crippen molar-refractivity contribution in [2.24, 2.45) is 5.84 Å². The third-order valence-corrected chi connectivity index (χ3v) is 3.73. The molecule has 0 saturated heterocycles. The molecule has 0 amide bonds. The fourth-order valence-corrected chi connectivity index (χ4v) is 2.80. The van der Waals surface area contributed by atoms with E-state index in [4.69, 9.17) is 10.6 Å². The predicted molar refractivity (Wildman–Crippen MR) is 71.2 cm³/mol. The summed E-state index contributed by atoms with van der Waals surface area (Å²) in [5, 5.41) is 0. The lowest BCUT2D eigenvalue weighted by atomic mass is 10.0. The lowest BCUT2D eigenvalue weighted by Gasteiger charge is -2.17. The second-order valence-electron chi connectivity index (χ2n) is 3.79. The van der Waals surface area contributed by atoms with Crippen molar-refractivity contribution in [2.75, 3.05) is 7.11 Å². The number of thiophene rings is 1. The summed E-state index contributed by atoms with van der Waals surface area (Å²) in [6.07, 6.45) is 0. The molecule has 1 unspecified atom stereocenters. The highest BCUT2D eigenvalue weighted by Gasteiger charge is 2.17. The summed E-state index contributed by atoms with van der Waals surface area (Å²) in [4.78, 5) is 2.46. The molecule has 1 heterocycles. The van der Waals surface area contributed by atoms with Gasteiger partial charge in [-0.25, -0.2) is 5.43 Å². The van der Waals surface area contributed by atoms with Gasteiger partial charge in [-0.3, -0.25) is 5.84 Å². The number of hydrogen-bond acceptors (Lipinski definition) is 4. The Bertz CT molecular complexity index is 496. The van der Waals surface area contributed by atoms with Gasteiger partial charge in [-0.15, -0.1) is 11.3 Å². The van der Waals surface area contributed by atoms with Gasteiger partial charge in [-0.05, 0) is 25.1 Å². The van der Waals surface area contributed by atoms with E-state index in [-0.39, 0.29) is 6.04 Å². The summed E-state index contributed by atoms with van der Waals surface area (Å²) in [6, 6.07) is 12.1. The Balaban J connectivity index is 2.41. The average molecular weight is 248 g/mol. The molecule has 1 aromatic heterocycles. The molecule has 0 aliphatic rings. The Morgan fingerprint density at radius 1 is 1.24 bits per heavy atom. The second kappa shape index (κ2) is 5.31. The van der Waals surface area contributed by atoms with Crippen LogP contribution in [-0.4, -0.2) is 7.11 Å². The van der Waals surface area contributed by atoms with Gasteiger partial charge in [0.25, 0.3) is 0 Å². The molecule has 1 aromatic carbocycles. The average Bonchev–Trinajstić information content (AvgIpc) is 2.77. The summed E-state index contributed by atoms with van der Waals surface area (Å²) in [5.41, 5.74) is 3.91. The summed E-state index contributed by atoms with van der Waals surface area (Å²) >= 11 is 1.74. The Hall–Kier alpha value is -1.36. The molecule has 2 rings (SSSR count). The topological polar surface area (TPSA) is 47.3 Å². The number of rotatable bonds is 4. The van der Waals surface area contributed by atoms with E-state index in [0.29, 0.717) is 0 Å².